The van der Waals surface area contributed by atoms with Gasteiger partial charge in [-0.1, -0.05) is 63.4 Å². The molecular formula is C19H37N3O4. The average Bonchev–Trinajstić information content (AvgIpc) is 2.63. The largest absolute Gasteiger partial charge is 0.469 e. The Kier molecular flexibility index (Phi) is 16.3. The molecular weight excluding hydrogens is 334 g/mol. The highest BCUT2D eigenvalue weighted by molar-refractivity contribution is 5.68. The minimum Gasteiger partial charge on any atom is -0.469 e. The van der Waals surface area contributed by atoms with Crippen LogP contribution in [-0.2, 0) is 9.53 Å². The molecule has 0 heterocycles. The van der Waals surface area contributed by atoms with E-state index in [4.69, 9.17) is 5.53 Å². The summed E-state index contributed by atoms with van der Waals surface area (Å²) >= 11 is 0. The van der Waals surface area contributed by atoms with E-state index in [2.05, 4.69) is 21.7 Å². The predicted octanol–water partition coefficient (Wildman–Crippen LogP) is 4.65. The Morgan fingerprint density at radius 1 is 1.04 bits per heavy atom. The molecule has 7 nitrogen and oxygen atoms in total. The number of unbranched alkanes of at least 4 members (excludes halogenated alkanes) is 7. The number of hydrogen-bond donors (Lipinski definition) is 2. The molecule has 26 heavy (non-hydrogen) atoms. The number of rotatable bonds is 17. The van der Waals surface area contributed by atoms with Crippen LogP contribution < -0.4 is 0 Å². The Morgan fingerprint density at radius 3 is 2.31 bits per heavy atom. The van der Waals surface area contributed by atoms with Gasteiger partial charge in [-0.25, -0.2) is 0 Å². The maximum absolute atomic E-state index is 11.0. The lowest BCUT2D eigenvalue weighted by molar-refractivity contribution is -0.140. The minimum absolute atomic E-state index is 0.176. The molecule has 0 aromatic carbocycles. The Balaban J connectivity index is 3.95. The summed E-state index contributed by atoms with van der Waals surface area (Å²) in [5, 5.41) is 24.0. The van der Waals surface area contributed by atoms with Crippen LogP contribution in [0.15, 0.2) is 5.11 Å². The molecule has 7 heteroatoms. The van der Waals surface area contributed by atoms with E-state index in [-0.39, 0.29) is 12.4 Å². The smallest absolute Gasteiger partial charge is 0.305 e. The molecule has 0 aromatic rings. The summed E-state index contributed by atoms with van der Waals surface area (Å²) in [7, 11) is 1.39. The van der Waals surface area contributed by atoms with Crippen molar-refractivity contribution in [2.75, 3.05) is 7.11 Å². The summed E-state index contributed by atoms with van der Waals surface area (Å²) in [6.45, 7) is 2.14. The molecule has 3 atom stereocenters. The number of aliphatic hydroxyl groups is 2. The molecule has 0 bridgehead atoms. The average molecular weight is 372 g/mol. The fourth-order valence-corrected chi connectivity index (χ4v) is 3.01. The zero-order chi connectivity index (χ0) is 19.6. The van der Waals surface area contributed by atoms with Crippen molar-refractivity contribution in [1.29, 1.82) is 0 Å². The first-order valence-electron chi connectivity index (χ1n) is 10.0. The summed E-state index contributed by atoms with van der Waals surface area (Å²) in [6.07, 6.45) is 9.62. The zero-order valence-corrected chi connectivity index (χ0v) is 16.5. The number of aliphatic hydroxyl groups excluding tert-OH is 2. The molecule has 0 radical (unpaired) electrons. The van der Waals surface area contributed by atoms with Crippen molar-refractivity contribution >= 4 is 5.97 Å². The summed E-state index contributed by atoms with van der Waals surface area (Å²) in [5.41, 5.74) is 8.71. The molecule has 0 aliphatic carbocycles. The van der Waals surface area contributed by atoms with Crippen molar-refractivity contribution in [2.45, 2.75) is 109 Å². The van der Waals surface area contributed by atoms with Gasteiger partial charge in [0, 0.05) is 11.3 Å². The van der Waals surface area contributed by atoms with E-state index in [1.807, 2.05) is 0 Å². The van der Waals surface area contributed by atoms with Crippen LogP contribution >= 0.6 is 0 Å². The first-order valence-corrected chi connectivity index (χ1v) is 10.0. The lowest BCUT2D eigenvalue weighted by Gasteiger charge is -2.21. The van der Waals surface area contributed by atoms with E-state index in [0.717, 1.165) is 57.8 Å². The van der Waals surface area contributed by atoms with E-state index in [9.17, 15) is 15.0 Å². The number of methoxy groups -OCH3 is 1. The third kappa shape index (κ3) is 13.9. The molecule has 0 saturated heterocycles. The lowest BCUT2D eigenvalue weighted by Crippen LogP contribution is -2.28. The number of nitrogens with zero attached hydrogens (tertiary/aromatic N) is 3. The molecule has 0 spiro atoms. The third-order valence-corrected chi connectivity index (χ3v) is 4.66. The van der Waals surface area contributed by atoms with Crippen molar-refractivity contribution in [1.82, 2.24) is 0 Å². The van der Waals surface area contributed by atoms with Crippen molar-refractivity contribution in [3.63, 3.8) is 0 Å². The maximum atomic E-state index is 11.0. The molecule has 0 aromatic heterocycles. The number of hydrogen-bond acceptors (Lipinski definition) is 5. The zero-order valence-electron chi connectivity index (χ0n) is 16.5. The van der Waals surface area contributed by atoms with E-state index in [0.29, 0.717) is 19.3 Å². The summed E-state index contributed by atoms with van der Waals surface area (Å²) in [6, 6.07) is -0.486. The Bertz CT molecular complexity index is 400. The lowest BCUT2D eigenvalue weighted by atomic mass is 9.96. The van der Waals surface area contributed by atoms with Gasteiger partial charge < -0.3 is 14.9 Å². The van der Waals surface area contributed by atoms with Crippen LogP contribution in [0.5, 0.6) is 0 Å². The van der Waals surface area contributed by atoms with Crippen LogP contribution in [-0.4, -0.2) is 41.5 Å². The number of esters is 1. The second-order valence-corrected chi connectivity index (χ2v) is 6.96. The van der Waals surface area contributed by atoms with Crippen LogP contribution in [0.25, 0.3) is 10.4 Å². The fraction of sp³-hybridized carbons (Fsp3) is 0.947. The molecule has 0 saturated carbocycles. The quantitative estimate of drug-likeness (QED) is 0.127. The van der Waals surface area contributed by atoms with Gasteiger partial charge in [-0.05, 0) is 31.2 Å². The molecule has 152 valence electrons. The highest BCUT2D eigenvalue weighted by atomic mass is 16.5. The fourth-order valence-electron chi connectivity index (χ4n) is 3.01. The summed E-state index contributed by atoms with van der Waals surface area (Å²) < 4.78 is 4.60. The minimum atomic E-state index is -0.800. The SMILES string of the molecule is CCCCCC[C@@H](O)CC(O)C(CCCCCCCC(=O)OC)N=[N+]=[N-]. The molecule has 0 amide bonds. The van der Waals surface area contributed by atoms with E-state index >= 15 is 0 Å². The molecule has 0 aliphatic heterocycles. The predicted molar refractivity (Wildman–Crippen MR) is 103 cm³/mol. The van der Waals surface area contributed by atoms with Gasteiger partial charge in [-0.3, -0.25) is 4.79 Å². The van der Waals surface area contributed by atoms with Crippen molar-refractivity contribution in [3.8, 4) is 0 Å². The molecule has 2 unspecified atom stereocenters. The first-order chi connectivity index (χ1) is 12.5. The van der Waals surface area contributed by atoms with Crippen molar-refractivity contribution in [2.24, 2.45) is 5.11 Å². The highest BCUT2D eigenvalue weighted by Crippen LogP contribution is 2.18. The number of carbonyl (C=O) groups is 1. The Hall–Kier alpha value is -1.30. The Morgan fingerprint density at radius 2 is 1.65 bits per heavy atom. The topological polar surface area (TPSA) is 116 Å². The molecule has 0 aliphatic rings. The third-order valence-electron chi connectivity index (χ3n) is 4.66. The normalized spacial score (nSPS) is 14.3. The summed E-state index contributed by atoms with van der Waals surface area (Å²) in [5.74, 6) is -0.176. The number of carbonyl (C=O) groups excluding carboxylic acids is 1. The van der Waals surface area contributed by atoms with Crippen LogP contribution in [0.4, 0.5) is 0 Å². The van der Waals surface area contributed by atoms with E-state index in [1.54, 1.807) is 0 Å². The van der Waals surface area contributed by atoms with Crippen molar-refractivity contribution in [3.05, 3.63) is 10.4 Å². The van der Waals surface area contributed by atoms with Crippen LogP contribution in [0.1, 0.15) is 90.4 Å². The van der Waals surface area contributed by atoms with Crippen molar-refractivity contribution < 1.29 is 19.7 Å². The molecule has 0 rings (SSSR count). The van der Waals surface area contributed by atoms with Gasteiger partial charge in [0.05, 0.1) is 25.4 Å². The second kappa shape index (κ2) is 17.1. The number of azide groups is 1. The van der Waals surface area contributed by atoms with Crippen LogP contribution in [0, 0.1) is 0 Å². The van der Waals surface area contributed by atoms with Gasteiger partial charge in [0.2, 0.25) is 0 Å². The second-order valence-electron chi connectivity index (χ2n) is 6.96. The van der Waals surface area contributed by atoms with Gasteiger partial charge in [0.15, 0.2) is 0 Å². The van der Waals surface area contributed by atoms with Gasteiger partial charge in [0.25, 0.3) is 0 Å². The highest BCUT2D eigenvalue weighted by Gasteiger charge is 2.20. The number of ether oxygens (including phenoxy) is 1. The van der Waals surface area contributed by atoms with Gasteiger partial charge in [0.1, 0.15) is 0 Å². The maximum Gasteiger partial charge on any atom is 0.305 e. The molecule has 2 N–H and O–H groups in total. The standard InChI is InChI=1S/C19H37N3O4/c1-3-4-5-9-12-16(23)15-18(24)17(21-22-20)13-10-7-6-8-11-14-19(25)26-2/h16-18,23-24H,3-15H2,1-2H3/t16-,17?,18?/m1/s1. The van der Waals surface area contributed by atoms with Gasteiger partial charge in [-0.2, -0.15) is 0 Å². The first kappa shape index (κ1) is 24.7. The van der Waals surface area contributed by atoms with Crippen LogP contribution in [0.2, 0.25) is 0 Å². The Labute approximate surface area is 157 Å². The van der Waals surface area contributed by atoms with Crippen LogP contribution in [0.3, 0.4) is 0 Å². The molecule has 0 fully saturated rings. The van der Waals surface area contributed by atoms with E-state index < -0.39 is 18.2 Å². The van der Waals surface area contributed by atoms with E-state index in [1.165, 1.54) is 7.11 Å². The van der Waals surface area contributed by atoms with Gasteiger partial charge in [-0.15, -0.1) is 0 Å². The van der Waals surface area contributed by atoms with Gasteiger partial charge >= 0.3 is 5.97 Å². The summed E-state index contributed by atoms with van der Waals surface area (Å²) in [4.78, 5) is 13.8. The monoisotopic (exact) mass is 371 g/mol.